The number of carboxylic acids is 1. The summed E-state index contributed by atoms with van der Waals surface area (Å²) < 4.78 is 11.5. The lowest BCUT2D eigenvalue weighted by Gasteiger charge is -2.17. The first kappa shape index (κ1) is 24.7. The molecule has 0 spiro atoms. The van der Waals surface area contributed by atoms with Crippen molar-refractivity contribution in [3.8, 4) is 27.6 Å². The van der Waals surface area contributed by atoms with Gasteiger partial charge in [0.15, 0.2) is 6.61 Å². The van der Waals surface area contributed by atoms with Gasteiger partial charge in [0.1, 0.15) is 22.2 Å². The monoisotopic (exact) mass is 505 g/mol. The minimum atomic E-state index is -1.04. The third-order valence-electron chi connectivity index (χ3n) is 3.97. The van der Waals surface area contributed by atoms with E-state index in [1.165, 1.54) is 22.7 Å². The molecule has 0 aliphatic carbocycles. The van der Waals surface area contributed by atoms with Gasteiger partial charge in [-0.05, 0) is 45.2 Å². The van der Waals surface area contributed by atoms with Gasteiger partial charge >= 0.3 is 12.1 Å². The zero-order valence-corrected chi connectivity index (χ0v) is 20.9. The van der Waals surface area contributed by atoms with Gasteiger partial charge in [-0.15, -0.1) is 34.4 Å². The third kappa shape index (κ3) is 6.80. The Balaban J connectivity index is 1.85. The number of nitrogens with zero attached hydrogens (tertiary/aromatic N) is 2. The van der Waals surface area contributed by atoms with E-state index in [-0.39, 0.29) is 5.84 Å². The molecule has 1 amide bonds. The highest BCUT2D eigenvalue weighted by Crippen LogP contribution is 2.40. The molecule has 0 aliphatic rings. The number of rotatable bonds is 7. The average Bonchev–Trinajstić information content (AvgIpc) is 3.38. The van der Waals surface area contributed by atoms with Crippen LogP contribution in [0.2, 0.25) is 0 Å². The maximum Gasteiger partial charge on any atom is 0.436 e. The molecule has 1 aromatic carbocycles. The van der Waals surface area contributed by atoms with Crippen molar-refractivity contribution in [1.29, 1.82) is 0 Å². The topological polar surface area (TPSA) is 124 Å². The van der Waals surface area contributed by atoms with Gasteiger partial charge in [-0.3, -0.25) is 0 Å². The number of thioether (sulfide) groups is 1. The molecule has 33 heavy (non-hydrogen) atoms. The fourth-order valence-corrected chi connectivity index (χ4v) is 5.41. The third-order valence-corrected chi connectivity index (χ3v) is 7.14. The van der Waals surface area contributed by atoms with Crippen molar-refractivity contribution in [2.24, 2.45) is 10.7 Å². The SMILES string of the molecule is CSc1sc(/C(N)=N\C(=O)OC(C)(C)C)cc1-c1nc(-c2cccc(OCC(=O)O)c2)cs1. The molecule has 3 rings (SSSR count). The van der Waals surface area contributed by atoms with E-state index in [9.17, 15) is 9.59 Å². The summed E-state index contributed by atoms with van der Waals surface area (Å²) in [5, 5.41) is 11.5. The van der Waals surface area contributed by atoms with Crippen molar-refractivity contribution in [2.45, 2.75) is 30.6 Å². The van der Waals surface area contributed by atoms with Crippen molar-refractivity contribution in [3.63, 3.8) is 0 Å². The van der Waals surface area contributed by atoms with Crippen molar-refractivity contribution < 1.29 is 24.2 Å². The largest absolute Gasteiger partial charge is 0.482 e. The van der Waals surface area contributed by atoms with Crippen LogP contribution in [0.3, 0.4) is 0 Å². The Bertz CT molecular complexity index is 1190. The van der Waals surface area contributed by atoms with Crippen molar-refractivity contribution in [3.05, 3.63) is 40.6 Å². The van der Waals surface area contributed by atoms with Crippen LogP contribution < -0.4 is 10.5 Å². The molecule has 8 nitrogen and oxygen atoms in total. The number of aliphatic carboxylic acids is 1. The lowest BCUT2D eigenvalue weighted by atomic mass is 10.1. The number of ether oxygens (including phenoxy) is 2. The molecule has 2 aromatic heterocycles. The quantitative estimate of drug-likeness (QED) is 0.250. The van der Waals surface area contributed by atoms with Crippen LogP contribution in [0.25, 0.3) is 21.8 Å². The van der Waals surface area contributed by atoms with Crippen LogP contribution >= 0.6 is 34.4 Å². The number of hydrogen-bond donors (Lipinski definition) is 2. The van der Waals surface area contributed by atoms with Crippen molar-refractivity contribution in [2.75, 3.05) is 12.9 Å². The lowest BCUT2D eigenvalue weighted by Crippen LogP contribution is -2.24. The minimum absolute atomic E-state index is 0.0934. The highest BCUT2D eigenvalue weighted by molar-refractivity contribution is 8.00. The molecule has 2 heterocycles. The Kier molecular flexibility index (Phi) is 7.77. The van der Waals surface area contributed by atoms with E-state index in [0.29, 0.717) is 10.6 Å². The maximum absolute atomic E-state index is 12.0. The number of amidine groups is 1. The molecule has 0 saturated heterocycles. The summed E-state index contributed by atoms with van der Waals surface area (Å²) in [6, 6.07) is 8.99. The number of nitrogens with two attached hydrogens (primary N) is 1. The molecule has 0 bridgehead atoms. The van der Waals surface area contributed by atoms with E-state index in [4.69, 9.17) is 25.3 Å². The number of thiophene rings is 1. The van der Waals surface area contributed by atoms with Gasteiger partial charge in [-0.2, -0.15) is 4.99 Å². The van der Waals surface area contributed by atoms with Crippen LogP contribution in [0, 0.1) is 0 Å². The normalized spacial score (nSPS) is 11.9. The molecular formula is C22H23N3O5S3. The van der Waals surface area contributed by atoms with Crippen molar-refractivity contribution >= 4 is 52.3 Å². The molecule has 174 valence electrons. The zero-order chi connectivity index (χ0) is 24.2. The number of amides is 1. The first-order chi connectivity index (χ1) is 15.6. The molecule has 3 N–H and O–H groups in total. The van der Waals surface area contributed by atoms with E-state index in [1.807, 2.05) is 23.8 Å². The Labute approximate surface area is 203 Å². The summed E-state index contributed by atoms with van der Waals surface area (Å²) in [5.74, 6) is -0.488. The predicted octanol–water partition coefficient (Wildman–Crippen LogP) is 5.36. The summed E-state index contributed by atoms with van der Waals surface area (Å²) >= 11 is 4.46. The number of aromatic nitrogens is 1. The van der Waals surface area contributed by atoms with Crippen molar-refractivity contribution in [1.82, 2.24) is 4.98 Å². The number of hydrogen-bond acceptors (Lipinski definition) is 8. The Hall–Kier alpha value is -2.89. The summed E-state index contributed by atoms with van der Waals surface area (Å²) in [4.78, 5) is 32.0. The van der Waals surface area contributed by atoms with Gasteiger partial charge in [-0.1, -0.05) is 12.1 Å². The number of benzene rings is 1. The molecule has 0 aliphatic heterocycles. The standard InChI is InChI=1S/C22H23N3O5S3/c1-22(2,3)30-21(28)25-18(23)16-9-14(20(31-4)33-16)19-24-15(11-32-19)12-6-5-7-13(8-12)29-10-17(26)27/h5-9,11H,10H2,1-4H3,(H,26,27)(H2,23,25,28). The number of thiazole rings is 1. The highest BCUT2D eigenvalue weighted by Gasteiger charge is 2.19. The van der Waals surface area contributed by atoms with E-state index >= 15 is 0 Å². The number of carbonyl (C=O) groups is 2. The molecule has 3 aromatic rings. The molecule has 0 fully saturated rings. The molecule has 11 heteroatoms. The molecule has 0 radical (unpaired) electrons. The first-order valence-corrected chi connectivity index (χ1v) is 12.6. The van der Waals surface area contributed by atoms with Crippen LogP contribution in [-0.2, 0) is 9.53 Å². The van der Waals surface area contributed by atoms with Crippen LogP contribution in [0.15, 0.2) is 44.9 Å². The van der Waals surface area contributed by atoms with Gasteiger partial charge in [0.2, 0.25) is 0 Å². The molecular weight excluding hydrogens is 482 g/mol. The predicted molar refractivity (Wildman–Crippen MR) is 133 cm³/mol. The van der Waals surface area contributed by atoms with E-state index in [1.54, 1.807) is 50.7 Å². The number of carbonyl (C=O) groups excluding carboxylic acids is 1. The van der Waals surface area contributed by atoms with Gasteiger partial charge in [0.05, 0.1) is 14.8 Å². The van der Waals surface area contributed by atoms with E-state index < -0.39 is 24.3 Å². The van der Waals surface area contributed by atoms with E-state index in [2.05, 4.69) is 4.99 Å². The summed E-state index contributed by atoms with van der Waals surface area (Å²) in [7, 11) is 0. The Morgan fingerprint density at radius 2 is 2.03 bits per heavy atom. The second-order valence-corrected chi connectivity index (χ2v) is 10.7. The van der Waals surface area contributed by atoms with Gasteiger partial charge in [-0.25, -0.2) is 14.6 Å². The second kappa shape index (κ2) is 10.4. The molecule has 0 saturated carbocycles. The fraction of sp³-hybridized carbons (Fsp3) is 0.273. The number of aliphatic imine (C=N–C) groups is 1. The summed E-state index contributed by atoms with van der Waals surface area (Å²) in [5.41, 5.74) is 7.87. The lowest BCUT2D eigenvalue weighted by molar-refractivity contribution is -0.139. The minimum Gasteiger partial charge on any atom is -0.482 e. The Morgan fingerprint density at radius 1 is 1.27 bits per heavy atom. The van der Waals surface area contributed by atoms with Crippen LogP contribution in [-0.4, -0.2) is 46.5 Å². The van der Waals surface area contributed by atoms with Crippen LogP contribution in [0.5, 0.6) is 5.75 Å². The highest BCUT2D eigenvalue weighted by atomic mass is 32.2. The summed E-state index contributed by atoms with van der Waals surface area (Å²) in [6.45, 7) is 4.88. The van der Waals surface area contributed by atoms with Gasteiger partial charge < -0.3 is 20.3 Å². The first-order valence-electron chi connectivity index (χ1n) is 9.72. The van der Waals surface area contributed by atoms with Gasteiger partial charge in [0, 0.05) is 16.5 Å². The van der Waals surface area contributed by atoms with Crippen LogP contribution in [0.4, 0.5) is 4.79 Å². The zero-order valence-electron chi connectivity index (χ0n) is 18.4. The smallest absolute Gasteiger partial charge is 0.436 e. The van der Waals surface area contributed by atoms with E-state index in [0.717, 1.165) is 26.0 Å². The maximum atomic E-state index is 12.0. The summed E-state index contributed by atoms with van der Waals surface area (Å²) in [6.07, 6.45) is 1.22. The second-order valence-electron chi connectivity index (χ2n) is 7.74. The Morgan fingerprint density at radius 3 is 2.70 bits per heavy atom. The molecule has 0 unspecified atom stereocenters. The number of carboxylic acid groups (broad SMARTS) is 1. The van der Waals surface area contributed by atoms with Gasteiger partial charge in [0.25, 0.3) is 0 Å². The van der Waals surface area contributed by atoms with Crippen LogP contribution in [0.1, 0.15) is 25.6 Å². The fourth-order valence-electron chi connectivity index (χ4n) is 2.66. The molecule has 0 atom stereocenters. The average molecular weight is 506 g/mol.